The van der Waals surface area contributed by atoms with Crippen molar-refractivity contribution in [3.63, 3.8) is 0 Å². The van der Waals surface area contributed by atoms with Crippen LogP contribution in [0.5, 0.6) is 0 Å². The number of hydrogen-bond donors (Lipinski definition) is 3. The molecule has 2 atom stereocenters. The Morgan fingerprint density at radius 2 is 1.04 bits per heavy atom. The van der Waals surface area contributed by atoms with E-state index in [-0.39, 0.29) is 12.8 Å². The van der Waals surface area contributed by atoms with Crippen molar-refractivity contribution in [1.82, 2.24) is 16.0 Å². The first-order valence-electron chi connectivity index (χ1n) is 8.93. The van der Waals surface area contributed by atoms with Gasteiger partial charge in [-0.25, -0.2) is 0 Å². The van der Waals surface area contributed by atoms with Gasteiger partial charge in [-0.1, -0.05) is 52.4 Å². The maximum atomic E-state index is 12.5. The van der Waals surface area contributed by atoms with Crippen molar-refractivity contribution in [1.29, 1.82) is 0 Å². The van der Waals surface area contributed by atoms with Gasteiger partial charge in [-0.15, -0.1) is 0 Å². The van der Waals surface area contributed by atoms with E-state index < -0.39 is 36.5 Å². The summed E-state index contributed by atoms with van der Waals surface area (Å²) in [4.78, 5) is 22.4. The molecule has 2 amide bonds. The monoisotopic (exact) mass is 407 g/mol. The normalized spacial score (nSPS) is 14.5. The van der Waals surface area contributed by atoms with Crippen molar-refractivity contribution in [3.05, 3.63) is 0 Å². The molecule has 160 valence electrons. The Hall–Kier alpha value is -1.52. The number of carbonyl (C=O) groups excluding carboxylic acids is 2. The van der Waals surface area contributed by atoms with Gasteiger partial charge in [0.2, 0.25) is 0 Å². The third kappa shape index (κ3) is 11.7. The molecule has 3 N–H and O–H groups in total. The summed E-state index contributed by atoms with van der Waals surface area (Å²) >= 11 is 0. The van der Waals surface area contributed by atoms with Gasteiger partial charge in [0.25, 0.3) is 0 Å². The van der Waals surface area contributed by atoms with E-state index in [0.29, 0.717) is 25.7 Å². The highest BCUT2D eigenvalue weighted by atomic mass is 19.4. The minimum absolute atomic E-state index is 0.0851. The first-order valence-corrected chi connectivity index (χ1v) is 8.93. The Morgan fingerprint density at radius 1 is 0.704 bits per heavy atom. The van der Waals surface area contributed by atoms with E-state index in [0.717, 1.165) is 12.8 Å². The Bertz CT molecular complexity index is 414. The number of halogens is 6. The molecule has 0 aromatic heterocycles. The highest BCUT2D eigenvalue weighted by Gasteiger charge is 2.41. The topological polar surface area (TPSA) is 70.2 Å². The first kappa shape index (κ1) is 25.5. The molecule has 27 heavy (non-hydrogen) atoms. The van der Waals surface area contributed by atoms with Crippen LogP contribution in [0, 0.1) is 0 Å². The fourth-order valence-electron chi connectivity index (χ4n) is 2.31. The summed E-state index contributed by atoms with van der Waals surface area (Å²) in [5.41, 5.74) is 0. The lowest BCUT2D eigenvalue weighted by atomic mass is 10.1. The van der Waals surface area contributed by atoms with E-state index in [9.17, 15) is 35.9 Å². The molecule has 2 unspecified atom stereocenters. The third-order valence-corrected chi connectivity index (χ3v) is 3.72. The van der Waals surface area contributed by atoms with Crippen LogP contribution in [-0.2, 0) is 9.59 Å². The lowest BCUT2D eigenvalue weighted by Gasteiger charge is -2.28. The molecule has 0 heterocycles. The fraction of sp³-hybridized carbons (Fsp3) is 0.875. The van der Waals surface area contributed by atoms with Crippen molar-refractivity contribution >= 4 is 11.8 Å². The quantitative estimate of drug-likeness (QED) is 0.262. The van der Waals surface area contributed by atoms with Gasteiger partial charge in [-0.3, -0.25) is 14.9 Å². The molecule has 0 fully saturated rings. The summed E-state index contributed by atoms with van der Waals surface area (Å²) in [5.74, 6) is -4.38. The number of nitrogens with one attached hydrogen (secondary N) is 3. The predicted octanol–water partition coefficient (Wildman–Crippen LogP) is 3.75. The zero-order chi connectivity index (χ0) is 21.1. The zero-order valence-electron chi connectivity index (χ0n) is 15.4. The number of alkyl halides is 6. The maximum Gasteiger partial charge on any atom is 0.471 e. The lowest BCUT2D eigenvalue weighted by Crippen LogP contribution is -2.58. The number of unbranched alkanes of at least 4 members (excludes halogenated alkanes) is 4. The predicted molar refractivity (Wildman–Crippen MR) is 87.4 cm³/mol. The number of amides is 2. The molecule has 0 aromatic carbocycles. The van der Waals surface area contributed by atoms with Crippen molar-refractivity contribution in [2.75, 3.05) is 0 Å². The molecule has 0 saturated heterocycles. The van der Waals surface area contributed by atoms with Crippen LogP contribution in [0.2, 0.25) is 0 Å². The third-order valence-electron chi connectivity index (χ3n) is 3.72. The van der Waals surface area contributed by atoms with E-state index >= 15 is 0 Å². The molecule has 0 radical (unpaired) electrons. The van der Waals surface area contributed by atoms with E-state index in [4.69, 9.17) is 0 Å². The SMILES string of the molecule is CCCCCC(NC(=O)C(F)(F)F)NC(CCCCC)NC(=O)C(F)(F)F. The van der Waals surface area contributed by atoms with E-state index in [2.05, 4.69) is 5.32 Å². The van der Waals surface area contributed by atoms with E-state index in [1.807, 2.05) is 13.8 Å². The average Bonchev–Trinajstić information content (AvgIpc) is 2.53. The summed E-state index contributed by atoms with van der Waals surface area (Å²) < 4.78 is 75.0. The fourth-order valence-corrected chi connectivity index (χ4v) is 2.31. The van der Waals surface area contributed by atoms with Crippen LogP contribution in [0.4, 0.5) is 26.3 Å². The zero-order valence-corrected chi connectivity index (χ0v) is 15.4. The molecule has 0 bridgehead atoms. The Kier molecular flexibility index (Phi) is 11.4. The second-order valence-electron chi connectivity index (χ2n) is 6.21. The molecule has 0 aliphatic heterocycles. The second kappa shape index (κ2) is 12.0. The minimum atomic E-state index is -5.11. The highest BCUT2D eigenvalue weighted by molar-refractivity contribution is 5.82. The van der Waals surface area contributed by atoms with Gasteiger partial charge in [0.1, 0.15) is 0 Å². The number of carbonyl (C=O) groups is 2. The molecule has 0 aromatic rings. The van der Waals surface area contributed by atoms with Crippen LogP contribution < -0.4 is 16.0 Å². The van der Waals surface area contributed by atoms with Gasteiger partial charge < -0.3 is 10.6 Å². The van der Waals surface area contributed by atoms with Gasteiger partial charge in [-0.2, -0.15) is 26.3 Å². The molecule has 0 rings (SSSR count). The first-order chi connectivity index (χ1) is 12.4. The van der Waals surface area contributed by atoms with Gasteiger partial charge in [0.05, 0.1) is 12.3 Å². The summed E-state index contributed by atoms with van der Waals surface area (Å²) in [6.07, 6.45) is -8.68. The van der Waals surface area contributed by atoms with Gasteiger partial charge in [0, 0.05) is 0 Å². The number of hydrogen-bond acceptors (Lipinski definition) is 3. The van der Waals surface area contributed by atoms with Crippen LogP contribution in [0.25, 0.3) is 0 Å². The number of rotatable bonds is 12. The molecular weight excluding hydrogens is 380 g/mol. The van der Waals surface area contributed by atoms with Crippen molar-refractivity contribution in [3.8, 4) is 0 Å². The summed E-state index contributed by atoms with van der Waals surface area (Å²) in [7, 11) is 0. The molecule has 11 heteroatoms. The standard InChI is InChI=1S/C16H27F6N3O2/c1-3-5-7-9-11(24-13(26)15(17,18)19)23-12(10-8-6-4-2)25-14(27)16(20,21)22/h11-12,23H,3-10H2,1-2H3,(H,24,26)(H,25,27). The molecule has 0 saturated carbocycles. The summed E-state index contributed by atoms with van der Waals surface area (Å²) in [6.45, 7) is 3.74. The molecule has 0 aliphatic carbocycles. The largest absolute Gasteiger partial charge is 0.471 e. The second-order valence-corrected chi connectivity index (χ2v) is 6.21. The molecule has 0 aliphatic rings. The minimum Gasteiger partial charge on any atom is -0.333 e. The van der Waals surface area contributed by atoms with E-state index in [1.165, 1.54) is 0 Å². The van der Waals surface area contributed by atoms with Gasteiger partial charge in [0.15, 0.2) is 0 Å². The summed E-state index contributed by atoms with van der Waals surface area (Å²) in [5, 5.41) is 6.00. The Morgan fingerprint density at radius 3 is 1.30 bits per heavy atom. The highest BCUT2D eigenvalue weighted by Crippen LogP contribution is 2.17. The van der Waals surface area contributed by atoms with Crippen LogP contribution in [0.1, 0.15) is 65.2 Å². The average molecular weight is 407 g/mol. The molecule has 5 nitrogen and oxygen atoms in total. The van der Waals surface area contributed by atoms with Crippen LogP contribution in [0.15, 0.2) is 0 Å². The maximum absolute atomic E-state index is 12.5. The molecule has 0 spiro atoms. The Balaban J connectivity index is 5.10. The van der Waals surface area contributed by atoms with Crippen molar-refractivity contribution in [2.45, 2.75) is 89.9 Å². The van der Waals surface area contributed by atoms with Crippen LogP contribution in [0.3, 0.4) is 0 Å². The van der Waals surface area contributed by atoms with Gasteiger partial charge >= 0.3 is 24.2 Å². The van der Waals surface area contributed by atoms with Crippen LogP contribution in [-0.4, -0.2) is 36.5 Å². The van der Waals surface area contributed by atoms with Crippen molar-refractivity contribution in [2.24, 2.45) is 0 Å². The lowest BCUT2D eigenvalue weighted by molar-refractivity contribution is -0.175. The Labute approximate surface area is 154 Å². The van der Waals surface area contributed by atoms with Crippen molar-refractivity contribution < 1.29 is 35.9 Å². The van der Waals surface area contributed by atoms with E-state index in [1.54, 1.807) is 10.6 Å². The smallest absolute Gasteiger partial charge is 0.333 e. The van der Waals surface area contributed by atoms with Crippen LogP contribution >= 0.6 is 0 Å². The summed E-state index contributed by atoms with van der Waals surface area (Å²) in [6, 6.07) is 0. The molecular formula is C16H27F6N3O2. The van der Waals surface area contributed by atoms with Gasteiger partial charge in [-0.05, 0) is 12.8 Å².